The molecule has 8 heteroatoms. The molecule has 4 N–H and O–H groups in total. The Bertz CT molecular complexity index is 1530. The molecule has 1 atom stereocenters. The summed E-state index contributed by atoms with van der Waals surface area (Å²) in [5, 5.41) is 33.8. The molecule has 0 aliphatic carbocycles. The molecule has 0 unspecified atom stereocenters. The zero-order valence-corrected chi connectivity index (χ0v) is 19.2. The highest BCUT2D eigenvalue weighted by Crippen LogP contribution is 2.40. The molecule has 7 nitrogen and oxygen atoms in total. The highest BCUT2D eigenvalue weighted by Gasteiger charge is 2.16. The summed E-state index contributed by atoms with van der Waals surface area (Å²) in [5.41, 5.74) is 5.23. The van der Waals surface area contributed by atoms with Crippen molar-refractivity contribution in [2.75, 3.05) is 18.5 Å². The van der Waals surface area contributed by atoms with Crippen LogP contribution >= 0.6 is 11.3 Å². The summed E-state index contributed by atoms with van der Waals surface area (Å²) in [5.74, 6) is 0.599. The van der Waals surface area contributed by atoms with Crippen LogP contribution < -0.4 is 10.1 Å². The Hall–Kier alpha value is -3.90. The molecule has 0 aliphatic rings. The standard InChI is InChI=1S/C26H22N4O3S/c1-15-20-7-8-28-23(20)6-5-22(15)30-25-17(11-27)12-29-26-21(25)10-24(34-26)16-3-2-4-19(9-16)33-14-18(32)13-31/h2-10,12,18,28,31-32H,13-14H2,1H3,(H,29,30)/t18-/m1/s1. The first-order valence-electron chi connectivity index (χ1n) is 10.8. The highest BCUT2D eigenvalue weighted by atomic mass is 32.1. The number of nitriles is 1. The fourth-order valence-corrected chi connectivity index (χ4v) is 4.90. The van der Waals surface area contributed by atoms with E-state index < -0.39 is 6.10 Å². The second-order valence-corrected chi connectivity index (χ2v) is 9.00. The molecule has 5 rings (SSSR count). The van der Waals surface area contributed by atoms with Gasteiger partial charge in [0.2, 0.25) is 0 Å². The third kappa shape index (κ3) is 4.08. The van der Waals surface area contributed by atoms with E-state index in [4.69, 9.17) is 9.84 Å². The molecule has 0 amide bonds. The number of aliphatic hydroxyl groups excluding tert-OH is 2. The quantitative estimate of drug-likeness (QED) is 0.263. The SMILES string of the molecule is Cc1c(Nc2c(C#N)cnc3sc(-c4cccc(OC[C@H](O)CO)c4)cc23)ccc2[nH]ccc12. The number of nitrogens with one attached hydrogen (secondary N) is 2. The lowest BCUT2D eigenvalue weighted by Crippen LogP contribution is -2.21. The lowest BCUT2D eigenvalue weighted by Gasteiger charge is -2.12. The summed E-state index contributed by atoms with van der Waals surface area (Å²) in [7, 11) is 0. The number of H-pyrrole nitrogens is 1. The van der Waals surface area contributed by atoms with Crippen LogP contribution in [0, 0.1) is 18.3 Å². The minimum atomic E-state index is -0.927. The molecule has 170 valence electrons. The number of anilines is 2. The van der Waals surface area contributed by atoms with Gasteiger partial charge in [-0.1, -0.05) is 12.1 Å². The average molecular weight is 471 g/mol. The van der Waals surface area contributed by atoms with E-state index in [1.165, 1.54) is 11.3 Å². The molecular formula is C26H22N4O3S. The molecule has 0 saturated carbocycles. The van der Waals surface area contributed by atoms with Crippen molar-refractivity contribution in [2.45, 2.75) is 13.0 Å². The number of aromatic nitrogens is 2. The first-order valence-corrected chi connectivity index (χ1v) is 11.6. The average Bonchev–Trinajstić information content (AvgIpc) is 3.52. The number of thiophene rings is 1. The van der Waals surface area contributed by atoms with Gasteiger partial charge in [-0.05, 0) is 54.4 Å². The number of rotatable bonds is 7. The van der Waals surface area contributed by atoms with Crippen molar-refractivity contribution >= 4 is 43.8 Å². The number of hydrogen-bond acceptors (Lipinski definition) is 7. The van der Waals surface area contributed by atoms with E-state index in [0.29, 0.717) is 11.3 Å². The second-order valence-electron chi connectivity index (χ2n) is 7.97. The number of ether oxygens (including phenoxy) is 1. The van der Waals surface area contributed by atoms with E-state index in [0.717, 1.165) is 48.5 Å². The number of benzene rings is 2. The van der Waals surface area contributed by atoms with Gasteiger partial charge < -0.3 is 25.3 Å². The predicted molar refractivity (Wildman–Crippen MR) is 135 cm³/mol. The van der Waals surface area contributed by atoms with Gasteiger partial charge in [-0.2, -0.15) is 5.26 Å². The van der Waals surface area contributed by atoms with Crippen LogP contribution in [0.3, 0.4) is 0 Å². The van der Waals surface area contributed by atoms with Crippen molar-refractivity contribution in [3.05, 3.63) is 72.1 Å². The summed E-state index contributed by atoms with van der Waals surface area (Å²) in [6.45, 7) is 1.72. The van der Waals surface area contributed by atoms with Gasteiger partial charge in [0.05, 0.1) is 17.9 Å². The maximum absolute atomic E-state index is 9.76. The zero-order valence-electron chi connectivity index (χ0n) is 18.4. The molecule has 34 heavy (non-hydrogen) atoms. The monoisotopic (exact) mass is 470 g/mol. The molecule has 0 spiro atoms. The van der Waals surface area contributed by atoms with Gasteiger partial charge in [0.1, 0.15) is 29.4 Å². The number of aryl methyl sites for hydroxylation is 1. The first kappa shape index (κ1) is 21.9. The first-order chi connectivity index (χ1) is 16.6. The van der Waals surface area contributed by atoms with Crippen molar-refractivity contribution in [1.82, 2.24) is 9.97 Å². The Morgan fingerprint density at radius 1 is 1.21 bits per heavy atom. The van der Waals surface area contributed by atoms with Crippen LogP contribution in [0.1, 0.15) is 11.1 Å². The maximum atomic E-state index is 9.76. The van der Waals surface area contributed by atoms with Crippen molar-refractivity contribution < 1.29 is 14.9 Å². The van der Waals surface area contributed by atoms with Crippen LogP contribution in [-0.2, 0) is 0 Å². The van der Waals surface area contributed by atoms with E-state index in [1.54, 1.807) is 12.3 Å². The Morgan fingerprint density at radius 3 is 2.91 bits per heavy atom. The molecule has 0 radical (unpaired) electrons. The van der Waals surface area contributed by atoms with E-state index in [1.807, 2.05) is 48.7 Å². The molecule has 3 aromatic heterocycles. The summed E-state index contributed by atoms with van der Waals surface area (Å²) in [4.78, 5) is 9.54. The normalized spacial score (nSPS) is 12.1. The van der Waals surface area contributed by atoms with Crippen LogP contribution in [-0.4, -0.2) is 39.5 Å². The van der Waals surface area contributed by atoms with Crippen molar-refractivity contribution in [2.24, 2.45) is 0 Å². The topological polar surface area (TPSA) is 114 Å². The Balaban J connectivity index is 1.53. The van der Waals surface area contributed by atoms with Crippen molar-refractivity contribution in [3.8, 4) is 22.3 Å². The molecule has 0 bridgehead atoms. The fourth-order valence-electron chi connectivity index (χ4n) is 3.89. The van der Waals surface area contributed by atoms with E-state index >= 15 is 0 Å². The minimum absolute atomic E-state index is 0.0123. The summed E-state index contributed by atoms with van der Waals surface area (Å²) in [6, 6.07) is 17.9. The highest BCUT2D eigenvalue weighted by molar-refractivity contribution is 7.22. The van der Waals surface area contributed by atoms with Gasteiger partial charge >= 0.3 is 0 Å². The fraction of sp³-hybridized carbons (Fsp3) is 0.154. The minimum Gasteiger partial charge on any atom is -0.491 e. The molecule has 2 aromatic carbocycles. The van der Waals surface area contributed by atoms with Crippen molar-refractivity contribution in [1.29, 1.82) is 5.26 Å². The summed E-state index contributed by atoms with van der Waals surface area (Å²) >= 11 is 1.53. The largest absolute Gasteiger partial charge is 0.491 e. The molecular weight excluding hydrogens is 448 g/mol. The Labute approximate surface area is 199 Å². The van der Waals surface area contributed by atoms with Gasteiger partial charge in [-0.3, -0.25) is 0 Å². The third-order valence-electron chi connectivity index (χ3n) is 5.72. The van der Waals surface area contributed by atoms with E-state index in [-0.39, 0.29) is 13.2 Å². The molecule has 3 heterocycles. The second kappa shape index (κ2) is 9.15. The number of pyridine rings is 1. The van der Waals surface area contributed by atoms with Crippen molar-refractivity contribution in [3.63, 3.8) is 0 Å². The van der Waals surface area contributed by atoms with Gasteiger partial charge in [0.25, 0.3) is 0 Å². The van der Waals surface area contributed by atoms with Crippen LogP contribution in [0.5, 0.6) is 5.75 Å². The van der Waals surface area contributed by atoms with Crippen LogP contribution in [0.4, 0.5) is 11.4 Å². The third-order valence-corrected chi connectivity index (χ3v) is 6.81. The smallest absolute Gasteiger partial charge is 0.126 e. The molecule has 0 fully saturated rings. The lowest BCUT2D eigenvalue weighted by atomic mass is 10.1. The maximum Gasteiger partial charge on any atom is 0.126 e. The molecule has 0 saturated heterocycles. The van der Waals surface area contributed by atoms with Crippen LogP contribution in [0.25, 0.3) is 31.6 Å². The lowest BCUT2D eigenvalue weighted by molar-refractivity contribution is 0.0536. The summed E-state index contributed by atoms with van der Waals surface area (Å²) < 4.78 is 5.60. The van der Waals surface area contributed by atoms with Gasteiger partial charge in [-0.25, -0.2) is 4.98 Å². The van der Waals surface area contributed by atoms with E-state index in [9.17, 15) is 10.4 Å². The number of nitrogens with zero attached hydrogens (tertiary/aromatic N) is 2. The number of hydrogen-bond donors (Lipinski definition) is 4. The van der Waals surface area contributed by atoms with Gasteiger partial charge in [0.15, 0.2) is 0 Å². The molecule has 0 aliphatic heterocycles. The van der Waals surface area contributed by atoms with E-state index in [2.05, 4.69) is 28.3 Å². The van der Waals surface area contributed by atoms with Gasteiger partial charge in [-0.15, -0.1) is 11.3 Å². The predicted octanol–water partition coefficient (Wildman–Crippen LogP) is 5.10. The molecule has 5 aromatic rings. The number of fused-ring (bicyclic) bond motifs is 2. The van der Waals surface area contributed by atoms with Crippen LogP contribution in [0.15, 0.2) is 60.9 Å². The zero-order chi connectivity index (χ0) is 23.7. The van der Waals surface area contributed by atoms with Crippen LogP contribution in [0.2, 0.25) is 0 Å². The Kier molecular flexibility index (Phi) is 5.90. The van der Waals surface area contributed by atoms with Gasteiger partial charge in [0, 0.05) is 39.2 Å². The summed E-state index contributed by atoms with van der Waals surface area (Å²) in [6.07, 6.45) is 2.59. The number of aliphatic hydroxyl groups is 2. The Morgan fingerprint density at radius 2 is 2.09 bits per heavy atom. The number of aromatic amines is 1.